The summed E-state index contributed by atoms with van der Waals surface area (Å²) in [5.41, 5.74) is 0. The Kier molecular flexibility index (Phi) is 3.67. The van der Waals surface area contributed by atoms with E-state index in [0.29, 0.717) is 12.4 Å². The molecule has 0 spiro atoms. The molecule has 0 bridgehead atoms. The minimum atomic E-state index is -3.65. The zero-order valence-corrected chi connectivity index (χ0v) is 11.7. The normalized spacial score (nSPS) is 13.6. The van der Waals surface area contributed by atoms with Gasteiger partial charge in [-0.25, -0.2) is 8.42 Å². The van der Waals surface area contributed by atoms with E-state index in [0.717, 1.165) is 0 Å². The predicted octanol–water partition coefficient (Wildman–Crippen LogP) is 0.634. The highest BCUT2D eigenvalue weighted by molar-refractivity contribution is 7.89. The van der Waals surface area contributed by atoms with Crippen molar-refractivity contribution in [3.63, 3.8) is 0 Å². The first-order valence-corrected chi connectivity index (χ1v) is 7.25. The van der Waals surface area contributed by atoms with E-state index in [-0.39, 0.29) is 10.8 Å². The first-order chi connectivity index (χ1) is 8.92. The van der Waals surface area contributed by atoms with E-state index in [4.69, 9.17) is 4.52 Å². The van der Waals surface area contributed by atoms with Gasteiger partial charge in [-0.15, -0.1) is 0 Å². The molecule has 0 fully saturated rings. The maximum Gasteiger partial charge on any atom is 0.244 e. The van der Waals surface area contributed by atoms with E-state index in [1.165, 1.54) is 17.1 Å². The van der Waals surface area contributed by atoms with Crippen LogP contribution in [0.4, 0.5) is 0 Å². The largest absolute Gasteiger partial charge is 0.338 e. The van der Waals surface area contributed by atoms with Crippen molar-refractivity contribution in [3.05, 3.63) is 24.1 Å². The molecule has 0 amide bonds. The van der Waals surface area contributed by atoms with Gasteiger partial charge in [0.1, 0.15) is 4.90 Å². The molecule has 0 aliphatic heterocycles. The Morgan fingerprint density at radius 3 is 2.79 bits per heavy atom. The van der Waals surface area contributed by atoms with E-state index >= 15 is 0 Å². The van der Waals surface area contributed by atoms with Crippen LogP contribution >= 0.6 is 0 Å². The Balaban J connectivity index is 2.17. The topological polar surface area (TPSA) is 103 Å². The maximum absolute atomic E-state index is 12.1. The zero-order valence-electron chi connectivity index (χ0n) is 10.9. The molecule has 0 aromatic carbocycles. The molecule has 19 heavy (non-hydrogen) atoms. The number of hydrogen-bond donors (Lipinski definition) is 1. The smallest absolute Gasteiger partial charge is 0.244 e. The fourth-order valence-electron chi connectivity index (χ4n) is 1.50. The van der Waals surface area contributed by atoms with Crippen LogP contribution in [-0.2, 0) is 16.6 Å². The van der Waals surface area contributed by atoms with Crippen LogP contribution in [0.2, 0.25) is 0 Å². The monoisotopic (exact) mass is 285 g/mol. The third-order valence-electron chi connectivity index (χ3n) is 2.49. The van der Waals surface area contributed by atoms with Crippen LogP contribution in [0, 0.1) is 6.92 Å². The van der Waals surface area contributed by atoms with Crippen molar-refractivity contribution in [1.82, 2.24) is 24.6 Å². The van der Waals surface area contributed by atoms with Crippen molar-refractivity contribution in [2.75, 3.05) is 0 Å². The molecular formula is C10H15N5O3S. The van der Waals surface area contributed by atoms with Crippen LogP contribution in [0.15, 0.2) is 21.8 Å². The summed E-state index contributed by atoms with van der Waals surface area (Å²) in [6.45, 7) is 5.78. The van der Waals surface area contributed by atoms with Gasteiger partial charge >= 0.3 is 0 Å². The molecule has 2 aromatic rings. The maximum atomic E-state index is 12.1. The molecule has 1 N–H and O–H groups in total. The van der Waals surface area contributed by atoms with Gasteiger partial charge in [0.2, 0.25) is 15.9 Å². The summed E-state index contributed by atoms with van der Waals surface area (Å²) in [4.78, 5) is 4.09. The van der Waals surface area contributed by atoms with Gasteiger partial charge in [0.25, 0.3) is 0 Å². The average Bonchev–Trinajstić information content (AvgIpc) is 2.96. The summed E-state index contributed by atoms with van der Waals surface area (Å²) in [5.74, 6) is 0.684. The van der Waals surface area contributed by atoms with Gasteiger partial charge in [0.15, 0.2) is 5.82 Å². The molecule has 0 radical (unpaired) electrons. The summed E-state index contributed by atoms with van der Waals surface area (Å²) in [6.07, 6.45) is 2.77. The van der Waals surface area contributed by atoms with Crippen LogP contribution in [-0.4, -0.2) is 28.3 Å². The predicted molar refractivity (Wildman–Crippen MR) is 65.7 cm³/mol. The lowest BCUT2D eigenvalue weighted by molar-refractivity contribution is 0.351. The van der Waals surface area contributed by atoms with Crippen LogP contribution < -0.4 is 4.72 Å². The summed E-state index contributed by atoms with van der Waals surface area (Å²) in [5, 5.41) is 7.55. The van der Waals surface area contributed by atoms with Crippen LogP contribution in [0.3, 0.4) is 0 Å². The molecule has 2 heterocycles. The highest BCUT2D eigenvalue weighted by Gasteiger charge is 2.23. The number of rotatable bonds is 5. The number of nitrogens with one attached hydrogen (secondary N) is 1. The van der Waals surface area contributed by atoms with E-state index in [2.05, 4.69) is 20.0 Å². The standard InChI is InChI=1S/C10H15N5O3S/c1-4-15-6-9(5-11-15)19(16,17)14-7(2)10-12-8(3)13-18-10/h5-7,14H,4H2,1-3H3. The third kappa shape index (κ3) is 2.99. The fourth-order valence-corrected chi connectivity index (χ4v) is 2.65. The van der Waals surface area contributed by atoms with Crippen LogP contribution in [0.25, 0.3) is 0 Å². The molecule has 8 nitrogen and oxygen atoms in total. The Bertz CT molecular complexity index is 660. The quantitative estimate of drug-likeness (QED) is 0.864. The SMILES string of the molecule is CCn1cc(S(=O)(=O)NC(C)c2nc(C)no2)cn1. The van der Waals surface area contributed by atoms with Crippen molar-refractivity contribution < 1.29 is 12.9 Å². The lowest BCUT2D eigenvalue weighted by atomic mass is 10.4. The van der Waals surface area contributed by atoms with Crippen LogP contribution in [0.1, 0.15) is 31.6 Å². The van der Waals surface area contributed by atoms with Crippen molar-refractivity contribution >= 4 is 10.0 Å². The molecule has 0 saturated carbocycles. The van der Waals surface area contributed by atoms with Gasteiger partial charge in [-0.3, -0.25) is 4.68 Å². The Hall–Kier alpha value is -1.74. The van der Waals surface area contributed by atoms with Gasteiger partial charge in [-0.2, -0.15) is 14.8 Å². The van der Waals surface area contributed by atoms with Crippen LogP contribution in [0.5, 0.6) is 0 Å². The molecule has 1 atom stereocenters. The molecule has 0 saturated heterocycles. The van der Waals surface area contributed by atoms with Crippen molar-refractivity contribution in [3.8, 4) is 0 Å². The lowest BCUT2D eigenvalue weighted by Gasteiger charge is -2.08. The first-order valence-electron chi connectivity index (χ1n) is 5.77. The summed E-state index contributed by atoms with van der Waals surface area (Å²) < 4.78 is 33.1. The Labute approximate surface area is 110 Å². The molecule has 2 rings (SSSR count). The van der Waals surface area contributed by atoms with Gasteiger partial charge < -0.3 is 4.52 Å². The van der Waals surface area contributed by atoms with E-state index in [1.807, 2.05) is 6.92 Å². The molecule has 0 aliphatic carbocycles. The van der Waals surface area contributed by atoms with Crippen molar-refractivity contribution in [2.45, 2.75) is 38.3 Å². The van der Waals surface area contributed by atoms with E-state index < -0.39 is 16.1 Å². The van der Waals surface area contributed by atoms with Crippen molar-refractivity contribution in [2.24, 2.45) is 0 Å². The van der Waals surface area contributed by atoms with Gasteiger partial charge in [0, 0.05) is 12.7 Å². The molecule has 1 unspecified atom stereocenters. The highest BCUT2D eigenvalue weighted by Crippen LogP contribution is 2.14. The number of aryl methyl sites for hydroxylation is 2. The first kappa shape index (κ1) is 13.7. The Morgan fingerprint density at radius 2 is 2.26 bits per heavy atom. The lowest BCUT2D eigenvalue weighted by Crippen LogP contribution is -2.26. The highest BCUT2D eigenvalue weighted by atomic mass is 32.2. The molecule has 0 aliphatic rings. The van der Waals surface area contributed by atoms with Crippen molar-refractivity contribution in [1.29, 1.82) is 0 Å². The van der Waals surface area contributed by atoms with Gasteiger partial charge in [-0.1, -0.05) is 5.16 Å². The second kappa shape index (κ2) is 5.10. The fraction of sp³-hybridized carbons (Fsp3) is 0.500. The minimum Gasteiger partial charge on any atom is -0.338 e. The molecular weight excluding hydrogens is 270 g/mol. The molecule has 104 valence electrons. The van der Waals surface area contributed by atoms with E-state index in [9.17, 15) is 8.42 Å². The second-order valence-electron chi connectivity index (χ2n) is 4.05. The number of aromatic nitrogens is 4. The van der Waals surface area contributed by atoms with Gasteiger partial charge in [0.05, 0.1) is 12.2 Å². The number of nitrogens with zero attached hydrogens (tertiary/aromatic N) is 4. The summed E-state index contributed by atoms with van der Waals surface area (Å²) in [7, 11) is -3.65. The molecule has 2 aromatic heterocycles. The Morgan fingerprint density at radius 1 is 1.53 bits per heavy atom. The summed E-state index contributed by atoms with van der Waals surface area (Å²) >= 11 is 0. The third-order valence-corrected chi connectivity index (χ3v) is 3.98. The number of hydrogen-bond acceptors (Lipinski definition) is 6. The number of sulfonamides is 1. The second-order valence-corrected chi connectivity index (χ2v) is 5.77. The summed E-state index contributed by atoms with van der Waals surface area (Å²) in [6, 6.07) is -0.601. The van der Waals surface area contributed by atoms with E-state index in [1.54, 1.807) is 13.8 Å². The minimum absolute atomic E-state index is 0.109. The molecule has 9 heteroatoms. The van der Waals surface area contributed by atoms with Gasteiger partial charge in [-0.05, 0) is 20.8 Å². The zero-order chi connectivity index (χ0) is 14.0. The average molecular weight is 285 g/mol.